The smallest absolute Gasteiger partial charge is 0.0110 e. The van der Waals surface area contributed by atoms with Crippen LogP contribution in [0, 0.1) is 0 Å². The summed E-state index contributed by atoms with van der Waals surface area (Å²) in [7, 11) is 0. The zero-order chi connectivity index (χ0) is 11.8. The van der Waals surface area contributed by atoms with Crippen molar-refractivity contribution in [3.8, 4) is 0 Å². The summed E-state index contributed by atoms with van der Waals surface area (Å²) in [5.74, 6) is 0. The van der Waals surface area contributed by atoms with Crippen LogP contribution in [0.25, 0.3) is 0 Å². The Kier molecular flexibility index (Phi) is 7.06. The topological polar surface area (TPSA) is 15.3 Å². The lowest BCUT2D eigenvalue weighted by molar-refractivity contribution is 0.207. The van der Waals surface area contributed by atoms with Crippen molar-refractivity contribution in [2.24, 2.45) is 0 Å². The third-order valence-corrected chi connectivity index (χ3v) is 3.86. The molecule has 1 rings (SSSR count). The predicted molar refractivity (Wildman–Crippen MR) is 71.9 cm³/mol. The van der Waals surface area contributed by atoms with Gasteiger partial charge >= 0.3 is 0 Å². The summed E-state index contributed by atoms with van der Waals surface area (Å²) in [6.45, 7) is 10.5. The molecule has 0 heterocycles. The molecular formula is C14H30N2. The summed E-state index contributed by atoms with van der Waals surface area (Å²) in [4.78, 5) is 2.67. The Bertz CT molecular complexity index is 164. The maximum absolute atomic E-state index is 3.63. The minimum Gasteiger partial charge on any atom is -0.313 e. The van der Waals surface area contributed by atoms with Gasteiger partial charge in [-0.2, -0.15) is 0 Å². The van der Waals surface area contributed by atoms with Crippen molar-refractivity contribution in [3.63, 3.8) is 0 Å². The molecule has 1 saturated carbocycles. The van der Waals surface area contributed by atoms with E-state index in [4.69, 9.17) is 0 Å². The lowest BCUT2D eigenvalue weighted by atomic mass is 10.2. The second-order valence-electron chi connectivity index (χ2n) is 5.21. The molecule has 0 aromatic carbocycles. The molecule has 1 aliphatic rings. The summed E-state index contributed by atoms with van der Waals surface area (Å²) >= 11 is 0. The average Bonchev–Trinajstić information content (AvgIpc) is 2.78. The van der Waals surface area contributed by atoms with Crippen molar-refractivity contribution in [3.05, 3.63) is 0 Å². The first kappa shape index (κ1) is 14.0. The number of rotatable bonds is 8. The largest absolute Gasteiger partial charge is 0.313 e. The van der Waals surface area contributed by atoms with Crippen LogP contribution in [-0.4, -0.2) is 36.6 Å². The van der Waals surface area contributed by atoms with E-state index in [2.05, 4.69) is 31.0 Å². The van der Waals surface area contributed by atoms with Gasteiger partial charge in [-0.1, -0.05) is 33.1 Å². The van der Waals surface area contributed by atoms with Gasteiger partial charge in [0.15, 0.2) is 0 Å². The van der Waals surface area contributed by atoms with Gasteiger partial charge in [0, 0.05) is 25.2 Å². The second-order valence-corrected chi connectivity index (χ2v) is 5.21. The standard InChI is InChI=1S/C14H30N2/c1-4-8-13(3)15-11-12-16(5-2)14-9-6-7-10-14/h13-15H,4-12H2,1-3H3. The van der Waals surface area contributed by atoms with Gasteiger partial charge < -0.3 is 5.32 Å². The van der Waals surface area contributed by atoms with Gasteiger partial charge in [0.25, 0.3) is 0 Å². The van der Waals surface area contributed by atoms with Gasteiger partial charge in [0.1, 0.15) is 0 Å². The van der Waals surface area contributed by atoms with Crippen LogP contribution in [0.2, 0.25) is 0 Å². The zero-order valence-electron chi connectivity index (χ0n) is 11.5. The molecular weight excluding hydrogens is 196 g/mol. The molecule has 0 saturated heterocycles. The molecule has 1 fully saturated rings. The molecule has 0 spiro atoms. The lowest BCUT2D eigenvalue weighted by Gasteiger charge is -2.28. The van der Waals surface area contributed by atoms with Crippen LogP contribution in [0.4, 0.5) is 0 Å². The van der Waals surface area contributed by atoms with Crippen LogP contribution in [0.3, 0.4) is 0 Å². The van der Waals surface area contributed by atoms with Crippen LogP contribution >= 0.6 is 0 Å². The third-order valence-electron chi connectivity index (χ3n) is 3.86. The van der Waals surface area contributed by atoms with Gasteiger partial charge in [-0.05, 0) is 32.7 Å². The van der Waals surface area contributed by atoms with Gasteiger partial charge in [-0.25, -0.2) is 0 Å². The van der Waals surface area contributed by atoms with E-state index in [0.29, 0.717) is 6.04 Å². The van der Waals surface area contributed by atoms with E-state index < -0.39 is 0 Å². The number of likely N-dealkylation sites (N-methyl/N-ethyl adjacent to an activating group) is 1. The molecule has 0 amide bonds. The first-order valence-electron chi connectivity index (χ1n) is 7.25. The van der Waals surface area contributed by atoms with Crippen LogP contribution in [0.1, 0.15) is 59.3 Å². The Balaban J connectivity index is 2.13. The fourth-order valence-corrected chi connectivity index (χ4v) is 2.86. The maximum atomic E-state index is 3.63. The molecule has 0 bridgehead atoms. The molecule has 1 unspecified atom stereocenters. The Hall–Kier alpha value is -0.0800. The second kappa shape index (κ2) is 8.08. The zero-order valence-corrected chi connectivity index (χ0v) is 11.5. The monoisotopic (exact) mass is 226 g/mol. The third kappa shape index (κ3) is 4.84. The summed E-state index contributed by atoms with van der Waals surface area (Å²) in [5.41, 5.74) is 0. The molecule has 96 valence electrons. The fourth-order valence-electron chi connectivity index (χ4n) is 2.86. The van der Waals surface area contributed by atoms with E-state index in [9.17, 15) is 0 Å². The molecule has 1 atom stereocenters. The number of hydrogen-bond acceptors (Lipinski definition) is 2. The number of nitrogens with one attached hydrogen (secondary N) is 1. The maximum Gasteiger partial charge on any atom is 0.0110 e. The average molecular weight is 226 g/mol. The first-order chi connectivity index (χ1) is 7.77. The van der Waals surface area contributed by atoms with Crippen molar-refractivity contribution < 1.29 is 0 Å². The van der Waals surface area contributed by atoms with E-state index in [0.717, 1.165) is 12.6 Å². The Morgan fingerprint density at radius 3 is 2.50 bits per heavy atom. The summed E-state index contributed by atoms with van der Waals surface area (Å²) in [6, 6.07) is 1.57. The Morgan fingerprint density at radius 2 is 1.94 bits per heavy atom. The van der Waals surface area contributed by atoms with Crippen molar-refractivity contribution >= 4 is 0 Å². The van der Waals surface area contributed by atoms with Crippen LogP contribution in [-0.2, 0) is 0 Å². The summed E-state index contributed by atoms with van der Waals surface area (Å²) < 4.78 is 0. The molecule has 0 radical (unpaired) electrons. The van der Waals surface area contributed by atoms with Crippen LogP contribution in [0.15, 0.2) is 0 Å². The summed E-state index contributed by atoms with van der Waals surface area (Å²) in [6.07, 6.45) is 8.34. The normalized spacial score (nSPS) is 19.5. The highest BCUT2D eigenvalue weighted by Gasteiger charge is 2.20. The van der Waals surface area contributed by atoms with E-state index in [1.54, 1.807) is 0 Å². The minimum absolute atomic E-state index is 0.687. The van der Waals surface area contributed by atoms with Crippen LogP contribution < -0.4 is 5.32 Å². The Morgan fingerprint density at radius 1 is 1.25 bits per heavy atom. The highest BCUT2D eigenvalue weighted by Crippen LogP contribution is 2.22. The molecule has 0 aliphatic heterocycles. The predicted octanol–water partition coefficient (Wildman–Crippen LogP) is 3.03. The van der Waals surface area contributed by atoms with Gasteiger partial charge in [0.05, 0.1) is 0 Å². The van der Waals surface area contributed by atoms with Crippen LogP contribution in [0.5, 0.6) is 0 Å². The van der Waals surface area contributed by atoms with Gasteiger partial charge in [-0.3, -0.25) is 4.90 Å². The first-order valence-corrected chi connectivity index (χ1v) is 7.25. The van der Waals surface area contributed by atoms with E-state index in [1.807, 2.05) is 0 Å². The molecule has 2 nitrogen and oxygen atoms in total. The molecule has 0 aromatic heterocycles. The van der Waals surface area contributed by atoms with Crippen molar-refractivity contribution in [2.45, 2.75) is 71.4 Å². The SMILES string of the molecule is CCCC(C)NCCN(CC)C1CCCC1. The molecule has 2 heteroatoms. The van der Waals surface area contributed by atoms with E-state index in [1.165, 1.54) is 51.6 Å². The molecule has 0 aromatic rings. The number of nitrogens with zero attached hydrogens (tertiary/aromatic N) is 1. The lowest BCUT2D eigenvalue weighted by Crippen LogP contribution is -2.40. The quantitative estimate of drug-likeness (QED) is 0.684. The number of hydrogen-bond donors (Lipinski definition) is 1. The van der Waals surface area contributed by atoms with Crippen molar-refractivity contribution in [1.29, 1.82) is 0 Å². The van der Waals surface area contributed by atoms with Gasteiger partial charge in [-0.15, -0.1) is 0 Å². The highest BCUT2D eigenvalue weighted by molar-refractivity contribution is 4.77. The highest BCUT2D eigenvalue weighted by atomic mass is 15.2. The van der Waals surface area contributed by atoms with E-state index in [-0.39, 0.29) is 0 Å². The fraction of sp³-hybridized carbons (Fsp3) is 1.00. The van der Waals surface area contributed by atoms with E-state index >= 15 is 0 Å². The molecule has 1 N–H and O–H groups in total. The Labute approximate surface area is 102 Å². The van der Waals surface area contributed by atoms with Crippen molar-refractivity contribution in [2.75, 3.05) is 19.6 Å². The summed E-state index contributed by atoms with van der Waals surface area (Å²) in [5, 5.41) is 3.63. The van der Waals surface area contributed by atoms with Gasteiger partial charge in [0.2, 0.25) is 0 Å². The molecule has 16 heavy (non-hydrogen) atoms. The van der Waals surface area contributed by atoms with Crippen molar-refractivity contribution in [1.82, 2.24) is 10.2 Å². The minimum atomic E-state index is 0.687. The molecule has 1 aliphatic carbocycles.